The van der Waals surface area contributed by atoms with Crippen molar-refractivity contribution in [2.24, 2.45) is 0 Å². The van der Waals surface area contributed by atoms with Crippen molar-refractivity contribution in [3.63, 3.8) is 0 Å². The number of carbonyl (C=O) groups is 1. The summed E-state index contributed by atoms with van der Waals surface area (Å²) in [6.07, 6.45) is 0. The fraction of sp³-hybridized carbons (Fsp3) is 0.0476. The van der Waals surface area contributed by atoms with Crippen molar-refractivity contribution in [2.75, 3.05) is 4.90 Å². The zero-order chi connectivity index (χ0) is 15.7. The zero-order valence-electron chi connectivity index (χ0n) is 12.5. The Balaban J connectivity index is 1.80. The van der Waals surface area contributed by atoms with Crippen molar-refractivity contribution in [3.05, 3.63) is 109 Å². The maximum atomic E-state index is 13.1. The molecule has 0 unspecified atom stereocenters. The van der Waals surface area contributed by atoms with E-state index < -0.39 is 5.41 Å². The van der Waals surface area contributed by atoms with Crippen molar-refractivity contribution >= 4 is 11.6 Å². The van der Waals surface area contributed by atoms with Gasteiger partial charge >= 0.3 is 0 Å². The molecule has 0 bridgehead atoms. The van der Waals surface area contributed by atoms with Gasteiger partial charge in [-0.05, 0) is 23.3 Å². The van der Waals surface area contributed by atoms with Crippen molar-refractivity contribution in [1.82, 2.24) is 0 Å². The Kier molecular flexibility index (Phi) is 3.23. The van der Waals surface area contributed by atoms with Crippen LogP contribution in [-0.4, -0.2) is 5.91 Å². The summed E-state index contributed by atoms with van der Waals surface area (Å²) in [5.41, 5.74) is 1.92. The molecule has 1 heterocycles. The zero-order valence-corrected chi connectivity index (χ0v) is 12.5. The molecule has 2 radical (unpaired) electrons. The minimum atomic E-state index is -0.821. The molecular weight excluding hydrogens is 282 g/mol. The Morgan fingerprint density at radius 1 is 0.652 bits per heavy atom. The Bertz CT molecular complexity index is 773. The summed E-state index contributed by atoms with van der Waals surface area (Å²) >= 11 is 0. The number of anilines is 1. The number of nitrogens with zero attached hydrogens (tertiary/aromatic N) is 1. The van der Waals surface area contributed by atoms with Gasteiger partial charge in [0.05, 0.1) is 0 Å². The van der Waals surface area contributed by atoms with Crippen LogP contribution in [0.4, 0.5) is 5.69 Å². The number of hydrogen-bond acceptors (Lipinski definition) is 1. The number of para-hydroxylation sites is 1. The lowest BCUT2D eigenvalue weighted by molar-refractivity contribution is -0.125. The molecule has 23 heavy (non-hydrogen) atoms. The molecule has 0 spiro atoms. The fourth-order valence-electron chi connectivity index (χ4n) is 3.06. The van der Waals surface area contributed by atoms with Crippen molar-refractivity contribution in [2.45, 2.75) is 5.41 Å². The molecule has 1 aliphatic rings. The van der Waals surface area contributed by atoms with E-state index in [1.165, 1.54) is 0 Å². The smallest absolute Gasteiger partial charge is 0.245 e. The van der Waals surface area contributed by atoms with Crippen LogP contribution in [0.1, 0.15) is 11.1 Å². The van der Waals surface area contributed by atoms with Crippen LogP contribution < -0.4 is 4.90 Å². The first-order valence-corrected chi connectivity index (χ1v) is 7.61. The molecule has 1 aliphatic heterocycles. The van der Waals surface area contributed by atoms with Gasteiger partial charge in [0.25, 0.3) is 0 Å². The summed E-state index contributed by atoms with van der Waals surface area (Å²) < 4.78 is 0. The van der Waals surface area contributed by atoms with Crippen molar-refractivity contribution in [3.8, 4) is 0 Å². The second-order valence-corrected chi connectivity index (χ2v) is 5.57. The molecule has 1 saturated heterocycles. The predicted molar refractivity (Wildman–Crippen MR) is 90.8 cm³/mol. The number of β-lactam (4-membered cyclic amide) rings is 1. The summed E-state index contributed by atoms with van der Waals surface area (Å²) in [5, 5.41) is 0. The quantitative estimate of drug-likeness (QED) is 0.668. The van der Waals surface area contributed by atoms with Crippen LogP contribution in [0.5, 0.6) is 0 Å². The molecule has 2 nitrogen and oxygen atoms in total. The summed E-state index contributed by atoms with van der Waals surface area (Å²) in [6, 6.07) is 29.3. The highest BCUT2D eigenvalue weighted by molar-refractivity contribution is 6.13. The minimum absolute atomic E-state index is 0.0288. The first-order valence-electron chi connectivity index (χ1n) is 7.61. The van der Waals surface area contributed by atoms with Crippen LogP contribution >= 0.6 is 0 Å². The highest BCUT2D eigenvalue weighted by Crippen LogP contribution is 2.47. The predicted octanol–water partition coefficient (Wildman–Crippen LogP) is 4.06. The Labute approximate surface area is 136 Å². The third-order valence-corrected chi connectivity index (χ3v) is 4.23. The molecular formula is C21H15NO. The standard InChI is InChI=1S/C21H15NO/c23-20-21(17-10-4-1-5-11-17,18-12-6-2-7-13-18)16-22(20)19-14-8-3-9-15-19/h1-15H. The van der Waals surface area contributed by atoms with E-state index in [2.05, 4.69) is 6.54 Å². The fourth-order valence-corrected chi connectivity index (χ4v) is 3.06. The summed E-state index contributed by atoms with van der Waals surface area (Å²) in [7, 11) is 0. The molecule has 0 aromatic heterocycles. The number of benzene rings is 3. The first kappa shape index (κ1) is 13.8. The summed E-state index contributed by atoms with van der Waals surface area (Å²) in [5.74, 6) is 0.0288. The van der Waals surface area contributed by atoms with Gasteiger partial charge in [0.2, 0.25) is 5.91 Å². The molecule has 0 saturated carbocycles. The van der Waals surface area contributed by atoms with Gasteiger partial charge in [-0.1, -0.05) is 78.9 Å². The molecule has 2 heteroatoms. The van der Waals surface area contributed by atoms with Crippen LogP contribution in [0, 0.1) is 6.54 Å². The molecule has 0 aliphatic carbocycles. The van der Waals surface area contributed by atoms with E-state index in [9.17, 15) is 4.79 Å². The highest BCUT2D eigenvalue weighted by Gasteiger charge is 2.56. The van der Waals surface area contributed by atoms with E-state index in [1.54, 1.807) is 4.90 Å². The first-order chi connectivity index (χ1) is 11.3. The number of rotatable bonds is 3. The molecule has 4 rings (SSSR count). The SMILES string of the molecule is O=C1N(c2ccccc2)[C]C1(c1ccccc1)c1ccccc1. The van der Waals surface area contributed by atoms with Gasteiger partial charge < -0.3 is 0 Å². The maximum Gasteiger partial charge on any atom is 0.245 e. The average Bonchev–Trinajstić information content (AvgIpc) is 2.63. The highest BCUT2D eigenvalue weighted by atomic mass is 16.2. The lowest BCUT2D eigenvalue weighted by atomic mass is 9.67. The molecule has 1 amide bonds. The van der Waals surface area contributed by atoms with Crippen LogP contribution in [0.3, 0.4) is 0 Å². The maximum absolute atomic E-state index is 13.1. The van der Waals surface area contributed by atoms with E-state index in [-0.39, 0.29) is 5.91 Å². The molecule has 1 fully saturated rings. The van der Waals surface area contributed by atoms with Gasteiger partial charge in [-0.3, -0.25) is 9.69 Å². The minimum Gasteiger partial charge on any atom is -0.298 e. The monoisotopic (exact) mass is 297 g/mol. The molecule has 3 aromatic rings. The Hall–Kier alpha value is -2.87. The number of amides is 1. The van der Waals surface area contributed by atoms with Crippen molar-refractivity contribution < 1.29 is 4.79 Å². The van der Waals surface area contributed by atoms with E-state index >= 15 is 0 Å². The molecule has 0 N–H and O–H groups in total. The second kappa shape index (κ2) is 5.40. The lowest BCUT2D eigenvalue weighted by Crippen LogP contribution is -2.61. The van der Waals surface area contributed by atoms with Gasteiger partial charge in [-0.25, -0.2) is 0 Å². The lowest BCUT2D eigenvalue weighted by Gasteiger charge is -2.48. The summed E-state index contributed by atoms with van der Waals surface area (Å²) in [4.78, 5) is 14.8. The number of carbonyl (C=O) groups excluding carboxylic acids is 1. The summed E-state index contributed by atoms with van der Waals surface area (Å²) in [6.45, 7) is 3.38. The average molecular weight is 297 g/mol. The largest absolute Gasteiger partial charge is 0.298 e. The van der Waals surface area contributed by atoms with Crippen LogP contribution in [0.15, 0.2) is 91.0 Å². The number of hydrogen-bond donors (Lipinski definition) is 0. The van der Waals surface area contributed by atoms with E-state index in [0.717, 1.165) is 16.8 Å². The van der Waals surface area contributed by atoms with Gasteiger partial charge in [-0.15, -0.1) is 0 Å². The normalized spacial score (nSPS) is 16.0. The van der Waals surface area contributed by atoms with Crippen molar-refractivity contribution in [1.29, 1.82) is 0 Å². The van der Waals surface area contributed by atoms with Crippen LogP contribution in [-0.2, 0) is 10.2 Å². The topological polar surface area (TPSA) is 20.3 Å². The third-order valence-electron chi connectivity index (χ3n) is 4.23. The van der Waals surface area contributed by atoms with Gasteiger partial charge in [0.15, 0.2) is 0 Å². The Morgan fingerprint density at radius 3 is 1.52 bits per heavy atom. The second-order valence-electron chi connectivity index (χ2n) is 5.57. The van der Waals surface area contributed by atoms with E-state index in [4.69, 9.17) is 0 Å². The van der Waals surface area contributed by atoms with Crippen LogP contribution in [0.2, 0.25) is 0 Å². The van der Waals surface area contributed by atoms with E-state index in [1.807, 2.05) is 91.0 Å². The van der Waals surface area contributed by atoms with Gasteiger partial charge in [0.1, 0.15) is 12.0 Å². The third kappa shape index (κ3) is 2.07. The van der Waals surface area contributed by atoms with Crippen LogP contribution in [0.25, 0.3) is 0 Å². The molecule has 0 atom stereocenters. The molecule has 110 valence electrons. The van der Waals surface area contributed by atoms with Gasteiger partial charge in [0, 0.05) is 5.69 Å². The molecule has 3 aromatic carbocycles. The Morgan fingerprint density at radius 2 is 1.09 bits per heavy atom. The van der Waals surface area contributed by atoms with Gasteiger partial charge in [-0.2, -0.15) is 0 Å². The van der Waals surface area contributed by atoms with E-state index in [0.29, 0.717) is 0 Å².